The number of carbonyl (C=O) groups is 1. The molecule has 0 aromatic rings. The van der Waals surface area contributed by atoms with Crippen LogP contribution in [0.3, 0.4) is 0 Å². The molecule has 0 saturated heterocycles. The van der Waals surface area contributed by atoms with E-state index in [0.29, 0.717) is 17.1 Å². The predicted octanol–water partition coefficient (Wildman–Crippen LogP) is 2.44. The molecule has 0 spiro atoms. The molecule has 0 rings (SSSR count). The number of nitrogens with zero attached hydrogens (tertiary/aromatic N) is 2. The van der Waals surface area contributed by atoms with Crippen molar-refractivity contribution in [2.75, 3.05) is 6.61 Å². The first-order valence-corrected chi connectivity index (χ1v) is 6.03. The molecule has 0 amide bonds. The number of carbonyl (C=O) groups excluding carboxylic acids is 1. The first-order valence-electron chi connectivity index (χ1n) is 6.03. The normalized spacial score (nSPS) is 13.6. The standard InChI is InChI=1S/C14H23N3O2/c1-8-19-13(18)11(15)10(14(4,5)6)12(16-7)17-9(2)3/h2,7-8,15H2,1,3-6H3/b11-10+,17-12?. The summed E-state index contributed by atoms with van der Waals surface area (Å²) < 4.78 is 4.92. The highest BCUT2D eigenvalue weighted by Crippen LogP contribution is 2.29. The molecule has 5 nitrogen and oxygen atoms in total. The maximum atomic E-state index is 11.8. The SMILES string of the molecule is C=NC(=NC(=C)C)/C(=C(\N)C(=O)OCC)C(C)(C)C. The lowest BCUT2D eigenvalue weighted by Gasteiger charge is -2.24. The highest BCUT2D eigenvalue weighted by atomic mass is 16.5. The van der Waals surface area contributed by atoms with Gasteiger partial charge in [0.05, 0.1) is 6.61 Å². The minimum atomic E-state index is -0.578. The van der Waals surface area contributed by atoms with Crippen molar-refractivity contribution in [3.63, 3.8) is 0 Å². The first-order chi connectivity index (χ1) is 8.65. The molecule has 106 valence electrons. The lowest BCUT2D eigenvalue weighted by Crippen LogP contribution is -2.27. The average molecular weight is 265 g/mol. The van der Waals surface area contributed by atoms with Crippen LogP contribution in [0.15, 0.2) is 33.5 Å². The molecule has 0 aromatic heterocycles. The lowest BCUT2D eigenvalue weighted by atomic mass is 9.84. The van der Waals surface area contributed by atoms with Gasteiger partial charge in [-0.2, -0.15) is 0 Å². The minimum absolute atomic E-state index is 0.00162. The number of allylic oxidation sites excluding steroid dienone is 1. The van der Waals surface area contributed by atoms with Crippen molar-refractivity contribution in [1.29, 1.82) is 0 Å². The third-order valence-corrected chi connectivity index (χ3v) is 2.18. The Morgan fingerprint density at radius 2 is 1.89 bits per heavy atom. The van der Waals surface area contributed by atoms with E-state index in [1.807, 2.05) is 20.8 Å². The van der Waals surface area contributed by atoms with Crippen molar-refractivity contribution in [1.82, 2.24) is 0 Å². The van der Waals surface area contributed by atoms with Gasteiger partial charge < -0.3 is 10.5 Å². The van der Waals surface area contributed by atoms with Crippen molar-refractivity contribution in [3.8, 4) is 0 Å². The van der Waals surface area contributed by atoms with Gasteiger partial charge in [0, 0.05) is 11.3 Å². The van der Waals surface area contributed by atoms with Gasteiger partial charge in [-0.1, -0.05) is 27.4 Å². The second kappa shape index (κ2) is 6.87. The summed E-state index contributed by atoms with van der Waals surface area (Å²) in [6.07, 6.45) is 0. The average Bonchev–Trinajstić information content (AvgIpc) is 2.25. The molecule has 0 saturated carbocycles. The molecule has 0 radical (unpaired) electrons. The summed E-state index contributed by atoms with van der Waals surface area (Å²) in [6.45, 7) is 16.6. The van der Waals surface area contributed by atoms with E-state index >= 15 is 0 Å². The van der Waals surface area contributed by atoms with E-state index in [0.717, 1.165) is 0 Å². The molecule has 5 heteroatoms. The van der Waals surface area contributed by atoms with Gasteiger partial charge in [0.25, 0.3) is 0 Å². The van der Waals surface area contributed by atoms with E-state index in [-0.39, 0.29) is 12.3 Å². The van der Waals surface area contributed by atoms with E-state index in [2.05, 4.69) is 23.3 Å². The van der Waals surface area contributed by atoms with Crippen LogP contribution in [-0.4, -0.2) is 25.1 Å². The fraction of sp³-hybridized carbons (Fsp3) is 0.500. The van der Waals surface area contributed by atoms with Crippen LogP contribution in [0.25, 0.3) is 0 Å². The topological polar surface area (TPSA) is 77.0 Å². The smallest absolute Gasteiger partial charge is 0.354 e. The molecular formula is C14H23N3O2. The quantitative estimate of drug-likeness (QED) is 0.367. The molecule has 0 bridgehead atoms. The Morgan fingerprint density at radius 1 is 1.37 bits per heavy atom. The van der Waals surface area contributed by atoms with Crippen LogP contribution >= 0.6 is 0 Å². The third-order valence-electron chi connectivity index (χ3n) is 2.18. The van der Waals surface area contributed by atoms with Gasteiger partial charge in [-0.25, -0.2) is 14.8 Å². The van der Waals surface area contributed by atoms with Crippen LogP contribution in [0.5, 0.6) is 0 Å². The number of rotatable bonds is 4. The van der Waals surface area contributed by atoms with Crippen molar-refractivity contribution >= 4 is 18.5 Å². The van der Waals surface area contributed by atoms with Gasteiger partial charge in [-0.15, -0.1) is 0 Å². The third kappa shape index (κ3) is 5.07. The van der Waals surface area contributed by atoms with Crippen molar-refractivity contribution in [3.05, 3.63) is 23.5 Å². The molecule has 0 unspecified atom stereocenters. The number of esters is 1. The van der Waals surface area contributed by atoms with Crippen LogP contribution in [0.4, 0.5) is 0 Å². The summed E-state index contributed by atoms with van der Waals surface area (Å²) in [5.74, 6) is -0.281. The Morgan fingerprint density at radius 3 is 2.21 bits per heavy atom. The highest BCUT2D eigenvalue weighted by molar-refractivity contribution is 6.08. The van der Waals surface area contributed by atoms with E-state index < -0.39 is 11.4 Å². The van der Waals surface area contributed by atoms with Crippen LogP contribution in [0.2, 0.25) is 0 Å². The monoisotopic (exact) mass is 265 g/mol. The largest absolute Gasteiger partial charge is 0.461 e. The Kier molecular flexibility index (Phi) is 6.18. The van der Waals surface area contributed by atoms with Crippen LogP contribution in [-0.2, 0) is 9.53 Å². The van der Waals surface area contributed by atoms with Crippen LogP contribution in [0.1, 0.15) is 34.6 Å². The summed E-state index contributed by atoms with van der Waals surface area (Å²) in [6, 6.07) is 0. The Balaban J connectivity index is 5.96. The van der Waals surface area contributed by atoms with Crippen LogP contribution < -0.4 is 5.73 Å². The molecule has 0 atom stereocenters. The number of aliphatic imine (C=N–C) groups is 2. The summed E-state index contributed by atoms with van der Waals surface area (Å²) in [5.41, 5.74) is 6.53. The van der Waals surface area contributed by atoms with Crippen molar-refractivity contribution in [2.24, 2.45) is 21.1 Å². The summed E-state index contributed by atoms with van der Waals surface area (Å²) in [5, 5.41) is 0. The Labute approximate surface area is 115 Å². The summed E-state index contributed by atoms with van der Waals surface area (Å²) in [7, 11) is 0. The fourth-order valence-corrected chi connectivity index (χ4v) is 1.52. The lowest BCUT2D eigenvalue weighted by molar-refractivity contribution is -0.138. The van der Waals surface area contributed by atoms with Gasteiger partial charge in [0.1, 0.15) is 5.70 Å². The number of nitrogens with two attached hydrogens (primary N) is 1. The van der Waals surface area contributed by atoms with E-state index in [1.165, 1.54) is 0 Å². The second-order valence-corrected chi connectivity index (χ2v) is 5.09. The zero-order valence-corrected chi connectivity index (χ0v) is 12.4. The van der Waals surface area contributed by atoms with E-state index in [1.54, 1.807) is 13.8 Å². The first kappa shape index (κ1) is 17.1. The van der Waals surface area contributed by atoms with E-state index in [4.69, 9.17) is 10.5 Å². The molecule has 0 fully saturated rings. The van der Waals surface area contributed by atoms with Gasteiger partial charge in [0.2, 0.25) is 0 Å². The molecule has 0 aliphatic heterocycles. The molecular weight excluding hydrogens is 242 g/mol. The Bertz CT molecular complexity index is 440. The molecule has 0 aliphatic rings. The zero-order valence-electron chi connectivity index (χ0n) is 12.4. The van der Waals surface area contributed by atoms with Gasteiger partial charge in [0.15, 0.2) is 5.84 Å². The van der Waals surface area contributed by atoms with Crippen LogP contribution in [0, 0.1) is 5.41 Å². The summed E-state index contributed by atoms with van der Waals surface area (Å²) >= 11 is 0. The van der Waals surface area contributed by atoms with E-state index in [9.17, 15) is 4.79 Å². The molecule has 0 aliphatic carbocycles. The van der Waals surface area contributed by atoms with Crippen molar-refractivity contribution < 1.29 is 9.53 Å². The highest BCUT2D eigenvalue weighted by Gasteiger charge is 2.28. The number of hydrogen-bond acceptors (Lipinski definition) is 4. The fourth-order valence-electron chi connectivity index (χ4n) is 1.52. The maximum absolute atomic E-state index is 11.8. The molecule has 0 heterocycles. The number of ether oxygens (including phenoxy) is 1. The predicted molar refractivity (Wildman–Crippen MR) is 79.1 cm³/mol. The summed E-state index contributed by atoms with van der Waals surface area (Å²) in [4.78, 5) is 19.8. The molecule has 19 heavy (non-hydrogen) atoms. The van der Waals surface area contributed by atoms with Gasteiger partial charge >= 0.3 is 5.97 Å². The maximum Gasteiger partial charge on any atom is 0.354 e. The minimum Gasteiger partial charge on any atom is -0.461 e. The molecule has 2 N–H and O–H groups in total. The van der Waals surface area contributed by atoms with Crippen molar-refractivity contribution in [2.45, 2.75) is 34.6 Å². The molecule has 0 aromatic carbocycles. The van der Waals surface area contributed by atoms with Gasteiger partial charge in [-0.05, 0) is 26.0 Å². The number of hydrogen-bond donors (Lipinski definition) is 1. The number of amidine groups is 1. The second-order valence-electron chi connectivity index (χ2n) is 5.09. The zero-order chi connectivity index (χ0) is 15.2. The van der Waals surface area contributed by atoms with Gasteiger partial charge in [-0.3, -0.25) is 0 Å². The Hall–Kier alpha value is -1.91.